The summed E-state index contributed by atoms with van der Waals surface area (Å²) in [6.45, 7) is 4.29. The average Bonchev–Trinajstić information content (AvgIpc) is 2.93. The topological polar surface area (TPSA) is 32.9 Å². The molecule has 1 N–H and O–H groups in total. The van der Waals surface area contributed by atoms with Crippen molar-refractivity contribution in [2.45, 2.75) is 39.5 Å². The molecule has 1 aromatic heterocycles. The van der Waals surface area contributed by atoms with Gasteiger partial charge in [0.2, 0.25) is 0 Å². The number of aryl methyl sites for hydroxylation is 2. The fourth-order valence-corrected chi connectivity index (χ4v) is 3.04. The lowest BCUT2D eigenvalue weighted by Crippen LogP contribution is -2.09. The van der Waals surface area contributed by atoms with Crippen LogP contribution < -0.4 is 0 Å². The standard InChI is InChI=1S/C16H19NO/c1-10-6-7-14-13(9-17-16(14)11(10)2)8-12-4-3-5-15(12)18/h6-7,9,12,17H,3-5,8H2,1-2H3. The zero-order valence-corrected chi connectivity index (χ0v) is 11.0. The van der Waals surface area contributed by atoms with Crippen LogP contribution in [0.2, 0.25) is 0 Å². The van der Waals surface area contributed by atoms with Gasteiger partial charge in [0.25, 0.3) is 0 Å². The lowest BCUT2D eigenvalue weighted by Gasteiger charge is -2.07. The summed E-state index contributed by atoms with van der Waals surface area (Å²) in [6.07, 6.45) is 5.91. The molecule has 1 aliphatic carbocycles. The van der Waals surface area contributed by atoms with Crippen LogP contribution in [-0.2, 0) is 11.2 Å². The summed E-state index contributed by atoms with van der Waals surface area (Å²) < 4.78 is 0. The van der Waals surface area contributed by atoms with Crippen molar-refractivity contribution in [1.29, 1.82) is 0 Å². The lowest BCUT2D eigenvalue weighted by atomic mass is 9.96. The Morgan fingerprint density at radius 2 is 2.17 bits per heavy atom. The number of hydrogen-bond donors (Lipinski definition) is 1. The molecule has 0 spiro atoms. The highest BCUT2D eigenvalue weighted by molar-refractivity contribution is 5.88. The van der Waals surface area contributed by atoms with E-state index in [1.165, 1.54) is 27.6 Å². The van der Waals surface area contributed by atoms with Crippen LogP contribution in [0.5, 0.6) is 0 Å². The molecule has 0 radical (unpaired) electrons. The number of carbonyl (C=O) groups excluding carboxylic acids is 1. The van der Waals surface area contributed by atoms with Crippen molar-refractivity contribution in [1.82, 2.24) is 4.98 Å². The van der Waals surface area contributed by atoms with E-state index in [0.29, 0.717) is 5.78 Å². The Morgan fingerprint density at radius 1 is 1.33 bits per heavy atom. The van der Waals surface area contributed by atoms with E-state index < -0.39 is 0 Å². The summed E-state index contributed by atoms with van der Waals surface area (Å²) in [5, 5.41) is 1.29. The van der Waals surface area contributed by atoms with E-state index in [4.69, 9.17) is 0 Å². The Morgan fingerprint density at radius 3 is 2.89 bits per heavy atom. The van der Waals surface area contributed by atoms with Crippen molar-refractivity contribution in [3.63, 3.8) is 0 Å². The monoisotopic (exact) mass is 241 g/mol. The number of ketones is 1. The van der Waals surface area contributed by atoms with Crippen LogP contribution in [0, 0.1) is 19.8 Å². The number of nitrogens with one attached hydrogen (secondary N) is 1. The molecule has 2 nitrogen and oxygen atoms in total. The first-order valence-electron chi connectivity index (χ1n) is 6.75. The number of H-pyrrole nitrogens is 1. The van der Waals surface area contributed by atoms with Gasteiger partial charge in [-0.3, -0.25) is 4.79 Å². The minimum Gasteiger partial charge on any atom is -0.361 e. The molecular formula is C16H19NO. The number of aromatic amines is 1. The number of benzene rings is 1. The fourth-order valence-electron chi connectivity index (χ4n) is 3.04. The maximum absolute atomic E-state index is 11.7. The summed E-state index contributed by atoms with van der Waals surface area (Å²) in [6, 6.07) is 4.36. The molecule has 1 fully saturated rings. The molecule has 0 amide bonds. The molecular weight excluding hydrogens is 222 g/mol. The van der Waals surface area contributed by atoms with Crippen molar-refractivity contribution in [2.75, 3.05) is 0 Å². The van der Waals surface area contributed by atoms with Gasteiger partial charge < -0.3 is 4.98 Å². The number of aromatic nitrogens is 1. The van der Waals surface area contributed by atoms with Crippen LogP contribution in [0.15, 0.2) is 18.3 Å². The molecule has 2 heteroatoms. The Hall–Kier alpha value is -1.57. The van der Waals surface area contributed by atoms with Crippen molar-refractivity contribution >= 4 is 16.7 Å². The van der Waals surface area contributed by atoms with Gasteiger partial charge in [0.05, 0.1) is 0 Å². The van der Waals surface area contributed by atoms with Gasteiger partial charge in [-0.05, 0) is 49.8 Å². The molecule has 3 rings (SSSR count). The van der Waals surface area contributed by atoms with E-state index in [1.807, 2.05) is 0 Å². The Labute approximate surface area is 107 Å². The van der Waals surface area contributed by atoms with Crippen molar-refractivity contribution < 1.29 is 4.79 Å². The summed E-state index contributed by atoms with van der Waals surface area (Å²) in [7, 11) is 0. The second-order valence-corrected chi connectivity index (χ2v) is 5.50. The normalized spacial score (nSPS) is 19.9. The SMILES string of the molecule is Cc1ccc2c(CC3CCCC3=O)c[nH]c2c1C. The largest absolute Gasteiger partial charge is 0.361 e. The Kier molecular flexibility index (Phi) is 2.73. The highest BCUT2D eigenvalue weighted by atomic mass is 16.1. The minimum absolute atomic E-state index is 0.255. The second kappa shape index (κ2) is 4.27. The predicted molar refractivity (Wildman–Crippen MR) is 73.8 cm³/mol. The number of Topliss-reactive ketones (excluding diaryl/α,β-unsaturated/α-hetero) is 1. The minimum atomic E-state index is 0.255. The van der Waals surface area contributed by atoms with Crippen LogP contribution in [0.3, 0.4) is 0 Å². The summed E-state index contributed by atoms with van der Waals surface area (Å²) in [5.74, 6) is 0.707. The van der Waals surface area contributed by atoms with Gasteiger partial charge in [-0.15, -0.1) is 0 Å². The maximum atomic E-state index is 11.7. The average molecular weight is 241 g/mol. The molecule has 2 aromatic rings. The third-order valence-corrected chi connectivity index (χ3v) is 4.37. The van der Waals surface area contributed by atoms with Gasteiger partial charge in [0.15, 0.2) is 0 Å². The first-order chi connectivity index (χ1) is 8.66. The van der Waals surface area contributed by atoms with Gasteiger partial charge in [-0.1, -0.05) is 12.1 Å². The zero-order valence-electron chi connectivity index (χ0n) is 11.0. The second-order valence-electron chi connectivity index (χ2n) is 5.50. The van der Waals surface area contributed by atoms with Gasteiger partial charge in [0, 0.05) is 29.4 Å². The maximum Gasteiger partial charge on any atom is 0.136 e. The third-order valence-electron chi connectivity index (χ3n) is 4.37. The molecule has 1 aromatic carbocycles. The molecule has 18 heavy (non-hydrogen) atoms. The van der Waals surface area contributed by atoms with E-state index in [1.54, 1.807) is 0 Å². The molecule has 0 aliphatic heterocycles. The molecule has 1 unspecified atom stereocenters. The molecule has 1 atom stereocenters. The van der Waals surface area contributed by atoms with Crippen molar-refractivity contribution in [3.05, 3.63) is 35.0 Å². The van der Waals surface area contributed by atoms with Gasteiger partial charge in [-0.25, -0.2) is 0 Å². The molecule has 0 saturated heterocycles. The van der Waals surface area contributed by atoms with E-state index in [0.717, 1.165) is 25.7 Å². The van der Waals surface area contributed by atoms with Crippen molar-refractivity contribution in [3.8, 4) is 0 Å². The van der Waals surface area contributed by atoms with E-state index in [2.05, 4.69) is 37.2 Å². The smallest absolute Gasteiger partial charge is 0.136 e. The highest BCUT2D eigenvalue weighted by Gasteiger charge is 2.25. The van der Waals surface area contributed by atoms with Gasteiger partial charge >= 0.3 is 0 Å². The first kappa shape index (κ1) is 11.5. The van der Waals surface area contributed by atoms with E-state index in [9.17, 15) is 4.79 Å². The van der Waals surface area contributed by atoms with E-state index in [-0.39, 0.29) is 5.92 Å². The van der Waals surface area contributed by atoms with Gasteiger partial charge in [-0.2, -0.15) is 0 Å². The summed E-state index contributed by atoms with van der Waals surface area (Å²) >= 11 is 0. The molecule has 1 aliphatic rings. The summed E-state index contributed by atoms with van der Waals surface area (Å²) in [5.41, 5.74) is 5.16. The number of carbonyl (C=O) groups is 1. The highest BCUT2D eigenvalue weighted by Crippen LogP contribution is 2.30. The van der Waals surface area contributed by atoms with Crippen LogP contribution in [0.4, 0.5) is 0 Å². The molecule has 1 heterocycles. The van der Waals surface area contributed by atoms with Crippen molar-refractivity contribution in [2.24, 2.45) is 5.92 Å². The van der Waals surface area contributed by atoms with Crippen LogP contribution in [0.1, 0.15) is 36.0 Å². The first-order valence-corrected chi connectivity index (χ1v) is 6.75. The number of fused-ring (bicyclic) bond motifs is 1. The third kappa shape index (κ3) is 1.76. The quantitative estimate of drug-likeness (QED) is 0.854. The summed E-state index contributed by atoms with van der Waals surface area (Å²) in [4.78, 5) is 15.1. The molecule has 0 bridgehead atoms. The lowest BCUT2D eigenvalue weighted by molar-refractivity contribution is -0.120. The fraction of sp³-hybridized carbons (Fsp3) is 0.438. The Bertz CT molecular complexity index is 609. The zero-order chi connectivity index (χ0) is 12.7. The van der Waals surface area contributed by atoms with Gasteiger partial charge in [0.1, 0.15) is 5.78 Å². The van der Waals surface area contributed by atoms with Crippen LogP contribution in [0.25, 0.3) is 10.9 Å². The Balaban J connectivity index is 1.98. The van der Waals surface area contributed by atoms with Crippen LogP contribution in [-0.4, -0.2) is 10.8 Å². The van der Waals surface area contributed by atoms with Crippen LogP contribution >= 0.6 is 0 Å². The molecule has 1 saturated carbocycles. The van der Waals surface area contributed by atoms with E-state index >= 15 is 0 Å². The number of hydrogen-bond acceptors (Lipinski definition) is 1. The molecule has 94 valence electrons. The number of rotatable bonds is 2. The predicted octanol–water partition coefficient (Wildman–Crippen LogP) is 3.70.